The number of benzene rings is 1. The van der Waals surface area contributed by atoms with E-state index in [2.05, 4.69) is 10.1 Å². The Morgan fingerprint density at radius 2 is 1.88 bits per heavy atom. The van der Waals surface area contributed by atoms with E-state index >= 15 is 0 Å². The lowest BCUT2D eigenvalue weighted by molar-refractivity contribution is -0.0980. The molecular formula is C19H27N2O4P. The SMILES string of the molecule is CCOP(=O)(OCC)C1CC2(CC2)CN2C1=NOC2(C)c1ccccc1. The second kappa shape index (κ2) is 6.36. The third-order valence-electron chi connectivity index (χ3n) is 5.79. The minimum Gasteiger partial charge on any atom is -0.361 e. The second-order valence-electron chi connectivity index (χ2n) is 7.57. The molecule has 0 aromatic heterocycles. The van der Waals surface area contributed by atoms with Crippen LogP contribution in [-0.4, -0.2) is 36.2 Å². The third kappa shape index (κ3) is 2.79. The Balaban J connectivity index is 1.72. The maximum Gasteiger partial charge on any atom is 0.341 e. The van der Waals surface area contributed by atoms with Crippen molar-refractivity contribution in [3.05, 3.63) is 35.9 Å². The summed E-state index contributed by atoms with van der Waals surface area (Å²) in [6, 6.07) is 10.1. The molecule has 6 nitrogen and oxygen atoms in total. The van der Waals surface area contributed by atoms with Crippen LogP contribution in [-0.2, 0) is 24.2 Å². The van der Waals surface area contributed by atoms with Crippen LogP contribution in [0.25, 0.3) is 0 Å². The van der Waals surface area contributed by atoms with Crippen LogP contribution in [0, 0.1) is 5.41 Å². The van der Waals surface area contributed by atoms with Gasteiger partial charge in [0.1, 0.15) is 5.66 Å². The molecule has 1 spiro atoms. The van der Waals surface area contributed by atoms with Gasteiger partial charge in [0.15, 0.2) is 5.84 Å². The first kappa shape index (κ1) is 18.0. The highest BCUT2D eigenvalue weighted by molar-refractivity contribution is 7.55. The van der Waals surface area contributed by atoms with Crippen LogP contribution >= 0.6 is 7.60 Å². The lowest BCUT2D eigenvalue weighted by Crippen LogP contribution is -2.54. The highest BCUT2D eigenvalue weighted by Crippen LogP contribution is 2.65. The van der Waals surface area contributed by atoms with Gasteiger partial charge in [0.2, 0.25) is 5.72 Å². The molecule has 7 heteroatoms. The van der Waals surface area contributed by atoms with Gasteiger partial charge >= 0.3 is 7.60 Å². The van der Waals surface area contributed by atoms with Gasteiger partial charge in [0, 0.05) is 19.0 Å². The van der Waals surface area contributed by atoms with Crippen LogP contribution < -0.4 is 0 Å². The van der Waals surface area contributed by atoms with Crippen molar-refractivity contribution in [3.8, 4) is 0 Å². The molecule has 0 radical (unpaired) electrons. The number of hydrogen-bond donors (Lipinski definition) is 0. The van der Waals surface area contributed by atoms with Crippen LogP contribution in [0.2, 0.25) is 0 Å². The summed E-state index contributed by atoms with van der Waals surface area (Å²) in [6.07, 6.45) is 3.06. The molecule has 1 saturated carbocycles. The molecule has 0 bridgehead atoms. The van der Waals surface area contributed by atoms with E-state index in [0.717, 1.165) is 31.4 Å². The zero-order valence-electron chi connectivity index (χ0n) is 15.7. The van der Waals surface area contributed by atoms with Crippen molar-refractivity contribution >= 4 is 13.4 Å². The van der Waals surface area contributed by atoms with E-state index in [-0.39, 0.29) is 11.1 Å². The summed E-state index contributed by atoms with van der Waals surface area (Å²) in [5, 5.41) is 4.40. The van der Waals surface area contributed by atoms with Crippen molar-refractivity contribution in [2.75, 3.05) is 19.8 Å². The summed E-state index contributed by atoms with van der Waals surface area (Å²) in [5.74, 6) is 0.708. The molecule has 2 aliphatic heterocycles. The molecule has 0 amide bonds. The van der Waals surface area contributed by atoms with Crippen LogP contribution in [0.4, 0.5) is 0 Å². The van der Waals surface area contributed by atoms with Crippen molar-refractivity contribution in [1.82, 2.24) is 4.90 Å². The van der Waals surface area contributed by atoms with Gasteiger partial charge in [-0.15, -0.1) is 0 Å². The minimum atomic E-state index is -3.31. The normalized spacial score (nSPS) is 29.3. The highest BCUT2D eigenvalue weighted by atomic mass is 31.2. The Hall–Kier alpha value is -1.36. The molecule has 26 heavy (non-hydrogen) atoms. The van der Waals surface area contributed by atoms with Gasteiger partial charge in [-0.2, -0.15) is 0 Å². The Morgan fingerprint density at radius 1 is 1.23 bits per heavy atom. The van der Waals surface area contributed by atoms with E-state index in [9.17, 15) is 4.57 Å². The maximum absolute atomic E-state index is 13.6. The van der Waals surface area contributed by atoms with E-state index in [1.54, 1.807) is 0 Å². The number of fused-ring (bicyclic) bond motifs is 1. The summed E-state index contributed by atoms with van der Waals surface area (Å²) >= 11 is 0. The minimum absolute atomic E-state index is 0.164. The Morgan fingerprint density at radius 3 is 2.46 bits per heavy atom. The Labute approximate surface area is 155 Å². The fraction of sp³-hybridized carbons (Fsp3) is 0.632. The highest BCUT2D eigenvalue weighted by Gasteiger charge is 2.62. The molecule has 3 aliphatic rings. The van der Waals surface area contributed by atoms with Gasteiger partial charge in [-0.25, -0.2) is 0 Å². The summed E-state index contributed by atoms with van der Waals surface area (Å²) in [6.45, 7) is 7.30. The molecule has 142 valence electrons. The average Bonchev–Trinajstić information content (AvgIpc) is 3.30. The largest absolute Gasteiger partial charge is 0.361 e. The fourth-order valence-electron chi connectivity index (χ4n) is 4.15. The Bertz CT molecular complexity index is 739. The smallest absolute Gasteiger partial charge is 0.341 e. The average molecular weight is 378 g/mol. The van der Waals surface area contributed by atoms with Crippen molar-refractivity contribution < 1.29 is 18.5 Å². The molecule has 1 aromatic rings. The van der Waals surface area contributed by atoms with Crippen LogP contribution in [0.1, 0.15) is 45.6 Å². The lowest BCUT2D eigenvalue weighted by Gasteiger charge is -2.44. The van der Waals surface area contributed by atoms with Crippen molar-refractivity contribution in [2.24, 2.45) is 10.6 Å². The van der Waals surface area contributed by atoms with Gasteiger partial charge in [-0.3, -0.25) is 4.57 Å². The zero-order valence-corrected chi connectivity index (χ0v) is 16.6. The molecule has 0 N–H and O–H groups in total. The van der Waals surface area contributed by atoms with E-state index in [4.69, 9.17) is 13.9 Å². The number of amidine groups is 1. The first-order chi connectivity index (χ1) is 12.5. The van der Waals surface area contributed by atoms with E-state index in [0.29, 0.717) is 19.0 Å². The van der Waals surface area contributed by atoms with Gasteiger partial charge in [0.05, 0.1) is 13.2 Å². The molecule has 2 unspecified atom stereocenters. The van der Waals surface area contributed by atoms with Crippen molar-refractivity contribution in [1.29, 1.82) is 0 Å². The molecule has 1 aromatic carbocycles. The molecule has 1 saturated heterocycles. The number of piperidine rings is 1. The van der Waals surface area contributed by atoms with E-state index in [1.165, 1.54) is 0 Å². The maximum atomic E-state index is 13.6. The summed E-state index contributed by atoms with van der Waals surface area (Å²) < 4.78 is 24.9. The summed E-state index contributed by atoms with van der Waals surface area (Å²) in [5.41, 5.74) is 0.146. The summed E-state index contributed by atoms with van der Waals surface area (Å²) in [7, 11) is -3.31. The van der Waals surface area contributed by atoms with Gasteiger partial charge in [-0.05, 0) is 38.5 Å². The van der Waals surface area contributed by atoms with Gasteiger partial charge in [0.25, 0.3) is 0 Å². The number of hydrogen-bond acceptors (Lipinski definition) is 6. The predicted molar refractivity (Wildman–Crippen MR) is 100.0 cm³/mol. The van der Waals surface area contributed by atoms with Gasteiger partial charge < -0.3 is 18.8 Å². The molecule has 4 rings (SSSR count). The molecular weight excluding hydrogens is 351 g/mol. The molecule has 2 atom stereocenters. The lowest BCUT2D eigenvalue weighted by atomic mass is 9.90. The molecule has 1 aliphatic carbocycles. The van der Waals surface area contributed by atoms with Crippen molar-refractivity contribution in [2.45, 2.75) is 51.4 Å². The van der Waals surface area contributed by atoms with Gasteiger partial charge in [-0.1, -0.05) is 35.5 Å². The quantitative estimate of drug-likeness (QED) is 0.690. The van der Waals surface area contributed by atoms with Crippen molar-refractivity contribution in [3.63, 3.8) is 0 Å². The number of nitrogens with zero attached hydrogens (tertiary/aromatic N) is 2. The van der Waals surface area contributed by atoms with E-state index < -0.39 is 13.3 Å². The first-order valence-electron chi connectivity index (χ1n) is 9.44. The topological polar surface area (TPSA) is 60.4 Å². The predicted octanol–water partition coefficient (Wildman–Crippen LogP) is 4.32. The number of oxime groups is 1. The summed E-state index contributed by atoms with van der Waals surface area (Å²) in [4.78, 5) is 8.15. The number of rotatable bonds is 6. The standard InChI is InChI=1S/C19H27N2O4P/c1-4-23-26(22,24-5-2)16-13-19(11-12-19)14-21-17(16)20-25-18(21,3)15-9-7-6-8-10-15/h6-10,16H,4-5,11-14H2,1-3H3. The zero-order chi connectivity index (χ0) is 18.4. The van der Waals surface area contributed by atoms with E-state index in [1.807, 2.05) is 51.1 Å². The molecule has 2 heterocycles. The third-order valence-corrected chi connectivity index (χ3v) is 8.21. The fourth-order valence-corrected chi connectivity index (χ4v) is 6.39. The second-order valence-corrected chi connectivity index (χ2v) is 9.79. The monoisotopic (exact) mass is 378 g/mol. The molecule has 2 fully saturated rings. The van der Waals surface area contributed by atoms with Crippen LogP contribution in [0.3, 0.4) is 0 Å². The Kier molecular flexibility index (Phi) is 4.41. The van der Waals surface area contributed by atoms with Crippen LogP contribution in [0.15, 0.2) is 35.5 Å². The first-order valence-corrected chi connectivity index (χ1v) is 11.1. The van der Waals surface area contributed by atoms with Crippen LogP contribution in [0.5, 0.6) is 0 Å².